The summed E-state index contributed by atoms with van der Waals surface area (Å²) < 4.78 is 5.10. The largest absolute Gasteiger partial charge is 0.456 e. The lowest BCUT2D eigenvalue weighted by atomic mass is 9.85. The van der Waals surface area contributed by atoms with Gasteiger partial charge in [-0.3, -0.25) is 19.3 Å². The number of hydrogen-bond acceptors (Lipinski definition) is 5. The predicted octanol–water partition coefficient (Wildman–Crippen LogP) is 1.92. The maximum Gasteiger partial charge on any atom is 0.329 e. The highest BCUT2D eigenvalue weighted by Crippen LogP contribution is 2.52. The van der Waals surface area contributed by atoms with Gasteiger partial charge in [0.15, 0.2) is 12.4 Å². The van der Waals surface area contributed by atoms with Gasteiger partial charge in [-0.15, -0.1) is 0 Å². The number of amides is 2. The molecule has 6 heteroatoms. The molecule has 1 saturated heterocycles. The summed E-state index contributed by atoms with van der Waals surface area (Å²) in [7, 11) is 0. The van der Waals surface area contributed by atoms with Crippen molar-refractivity contribution in [1.29, 1.82) is 0 Å². The summed E-state index contributed by atoms with van der Waals surface area (Å²) in [6.45, 7) is 2.98. The van der Waals surface area contributed by atoms with Crippen LogP contribution in [0.2, 0.25) is 0 Å². The van der Waals surface area contributed by atoms with Gasteiger partial charge in [0.25, 0.3) is 0 Å². The van der Waals surface area contributed by atoms with Crippen LogP contribution in [0.4, 0.5) is 0 Å². The number of esters is 1. The maximum absolute atomic E-state index is 12.7. The molecule has 2 bridgehead atoms. The Balaban J connectivity index is 1.39. The first-order valence-corrected chi connectivity index (χ1v) is 9.20. The first-order valence-electron chi connectivity index (χ1n) is 9.20. The molecule has 1 heterocycles. The van der Waals surface area contributed by atoms with E-state index in [0.717, 1.165) is 16.9 Å². The van der Waals surface area contributed by atoms with E-state index in [9.17, 15) is 19.2 Å². The maximum atomic E-state index is 12.7. The number of benzene rings is 1. The SMILES string of the molecule is Cc1ccc(C(=O)COC(=O)[C@H](C)N2C(=O)[C@@H]3[C@@H](C2=O)[C@H]2C=C[C@H]3C2)cc1. The van der Waals surface area contributed by atoms with Gasteiger partial charge in [-0.25, -0.2) is 4.79 Å². The number of ether oxygens (including phenoxy) is 1. The number of likely N-dealkylation sites (tertiary alicyclic amines) is 1. The number of hydrogen-bond donors (Lipinski definition) is 0. The molecule has 3 aliphatic rings. The number of carbonyl (C=O) groups is 4. The molecule has 140 valence electrons. The lowest BCUT2D eigenvalue weighted by Gasteiger charge is -2.23. The lowest BCUT2D eigenvalue weighted by Crippen LogP contribution is -2.45. The Morgan fingerprint density at radius 3 is 2.19 bits per heavy atom. The van der Waals surface area contributed by atoms with Gasteiger partial charge in [-0.05, 0) is 32.1 Å². The van der Waals surface area contributed by atoms with Crippen LogP contribution < -0.4 is 0 Å². The molecule has 27 heavy (non-hydrogen) atoms. The number of allylic oxidation sites excluding steroid dienone is 2. The Bertz CT molecular complexity index is 826. The number of rotatable bonds is 5. The van der Waals surface area contributed by atoms with Crippen molar-refractivity contribution < 1.29 is 23.9 Å². The van der Waals surface area contributed by atoms with E-state index in [1.54, 1.807) is 24.3 Å². The minimum atomic E-state index is -1.03. The normalized spacial score (nSPS) is 29.2. The first-order chi connectivity index (χ1) is 12.9. The van der Waals surface area contributed by atoms with Crippen molar-refractivity contribution in [3.8, 4) is 0 Å². The van der Waals surface area contributed by atoms with E-state index in [1.807, 2.05) is 19.1 Å². The van der Waals surface area contributed by atoms with Crippen LogP contribution in [-0.2, 0) is 19.1 Å². The van der Waals surface area contributed by atoms with Gasteiger partial charge in [0, 0.05) is 5.56 Å². The fourth-order valence-electron chi connectivity index (χ4n) is 4.49. The Kier molecular flexibility index (Phi) is 4.21. The van der Waals surface area contributed by atoms with Crippen LogP contribution in [0, 0.1) is 30.6 Å². The van der Waals surface area contributed by atoms with Crippen LogP contribution in [0.3, 0.4) is 0 Å². The van der Waals surface area contributed by atoms with Gasteiger partial charge in [-0.2, -0.15) is 0 Å². The molecule has 0 unspecified atom stereocenters. The summed E-state index contributed by atoms with van der Waals surface area (Å²) >= 11 is 0. The first kappa shape index (κ1) is 17.6. The van der Waals surface area contributed by atoms with E-state index in [1.165, 1.54) is 6.92 Å². The number of aryl methyl sites for hydroxylation is 1. The van der Waals surface area contributed by atoms with E-state index in [2.05, 4.69) is 0 Å². The van der Waals surface area contributed by atoms with Crippen LogP contribution in [0.15, 0.2) is 36.4 Å². The molecule has 5 atom stereocenters. The molecule has 1 aromatic carbocycles. The van der Waals surface area contributed by atoms with Crippen molar-refractivity contribution in [2.45, 2.75) is 26.3 Å². The quantitative estimate of drug-likeness (QED) is 0.344. The third-order valence-corrected chi connectivity index (χ3v) is 5.95. The molecule has 0 N–H and O–H groups in total. The van der Waals surface area contributed by atoms with Crippen molar-refractivity contribution in [2.24, 2.45) is 23.7 Å². The van der Waals surface area contributed by atoms with Crippen LogP contribution in [-0.4, -0.2) is 41.1 Å². The van der Waals surface area contributed by atoms with Crippen LogP contribution in [0.5, 0.6) is 0 Å². The lowest BCUT2D eigenvalue weighted by molar-refractivity contribution is -0.157. The van der Waals surface area contributed by atoms with Crippen LogP contribution in [0.25, 0.3) is 0 Å². The molecule has 4 rings (SSSR count). The second-order valence-electron chi connectivity index (χ2n) is 7.62. The molecule has 6 nitrogen and oxygen atoms in total. The fourth-order valence-corrected chi connectivity index (χ4v) is 4.49. The van der Waals surface area contributed by atoms with Crippen molar-refractivity contribution in [1.82, 2.24) is 4.90 Å². The summed E-state index contributed by atoms with van der Waals surface area (Å²) in [5.41, 5.74) is 1.48. The molecule has 2 amide bonds. The summed E-state index contributed by atoms with van der Waals surface area (Å²) in [4.78, 5) is 51.0. The number of Topliss-reactive ketones (excluding diaryl/α,β-unsaturated/α-hetero) is 1. The van der Waals surface area contributed by atoms with Gasteiger partial charge in [0.05, 0.1) is 11.8 Å². The van der Waals surface area contributed by atoms with Gasteiger partial charge in [-0.1, -0.05) is 42.0 Å². The van der Waals surface area contributed by atoms with Gasteiger partial charge in [0.1, 0.15) is 6.04 Å². The zero-order valence-electron chi connectivity index (χ0n) is 15.3. The zero-order chi connectivity index (χ0) is 19.3. The highest BCUT2D eigenvalue weighted by Gasteiger charge is 2.60. The zero-order valence-corrected chi connectivity index (χ0v) is 15.3. The summed E-state index contributed by atoms with van der Waals surface area (Å²) in [6.07, 6.45) is 4.85. The van der Waals surface area contributed by atoms with E-state index < -0.39 is 18.6 Å². The Hall–Kier alpha value is -2.76. The van der Waals surface area contributed by atoms with Crippen molar-refractivity contribution >= 4 is 23.6 Å². The van der Waals surface area contributed by atoms with Crippen LogP contribution >= 0.6 is 0 Å². The standard InChI is InChI=1S/C21H21NO5/c1-11-3-5-13(6-4-11)16(23)10-27-21(26)12(2)22-19(24)17-14-7-8-15(9-14)18(17)20(22)25/h3-8,12,14-15,17-18H,9-10H2,1-2H3/t12-,14-,15-,17-,18-/m0/s1. The van der Waals surface area contributed by atoms with Crippen molar-refractivity contribution in [2.75, 3.05) is 6.61 Å². The van der Waals surface area contributed by atoms with Crippen LogP contribution in [0.1, 0.15) is 29.3 Å². The molecule has 0 spiro atoms. The number of nitrogens with zero attached hydrogens (tertiary/aromatic N) is 1. The van der Waals surface area contributed by atoms with Gasteiger partial charge in [0.2, 0.25) is 11.8 Å². The molecular weight excluding hydrogens is 346 g/mol. The summed E-state index contributed by atoms with van der Waals surface area (Å²) in [6, 6.07) is 5.93. The predicted molar refractivity (Wildman–Crippen MR) is 95.5 cm³/mol. The van der Waals surface area contributed by atoms with E-state index in [0.29, 0.717) is 5.56 Å². The Morgan fingerprint density at radius 1 is 1.07 bits per heavy atom. The molecule has 2 aliphatic carbocycles. The summed E-state index contributed by atoms with van der Waals surface area (Å²) in [5.74, 6) is -2.17. The Labute approximate surface area is 157 Å². The molecule has 0 radical (unpaired) electrons. The van der Waals surface area contributed by atoms with Crippen molar-refractivity contribution in [3.63, 3.8) is 0 Å². The minimum Gasteiger partial charge on any atom is -0.456 e. The fraction of sp³-hybridized carbons (Fsp3) is 0.429. The number of ketones is 1. The molecule has 0 aromatic heterocycles. The third-order valence-electron chi connectivity index (χ3n) is 5.95. The molecule has 2 fully saturated rings. The number of carbonyl (C=O) groups excluding carboxylic acids is 4. The summed E-state index contributed by atoms with van der Waals surface area (Å²) in [5, 5.41) is 0. The number of imide groups is 1. The topological polar surface area (TPSA) is 80.8 Å². The smallest absolute Gasteiger partial charge is 0.329 e. The number of fused-ring (bicyclic) bond motifs is 5. The highest BCUT2D eigenvalue weighted by molar-refractivity contribution is 6.09. The average Bonchev–Trinajstić information content (AvgIpc) is 3.33. The molecule has 1 aliphatic heterocycles. The monoisotopic (exact) mass is 367 g/mol. The van der Waals surface area contributed by atoms with E-state index >= 15 is 0 Å². The minimum absolute atomic E-state index is 0.0905. The second kappa shape index (κ2) is 6.44. The second-order valence-corrected chi connectivity index (χ2v) is 7.62. The molecule has 1 saturated carbocycles. The van der Waals surface area contributed by atoms with E-state index in [-0.39, 0.29) is 41.3 Å². The molecular formula is C21H21NO5. The Morgan fingerprint density at radius 2 is 1.63 bits per heavy atom. The molecule has 1 aromatic rings. The average molecular weight is 367 g/mol. The third kappa shape index (κ3) is 2.80. The van der Waals surface area contributed by atoms with Gasteiger partial charge >= 0.3 is 5.97 Å². The highest BCUT2D eigenvalue weighted by atomic mass is 16.5. The van der Waals surface area contributed by atoms with E-state index in [4.69, 9.17) is 4.74 Å². The van der Waals surface area contributed by atoms with Crippen molar-refractivity contribution in [3.05, 3.63) is 47.5 Å². The van der Waals surface area contributed by atoms with Gasteiger partial charge < -0.3 is 4.74 Å².